The van der Waals surface area contributed by atoms with Crippen molar-refractivity contribution >= 4 is 22.4 Å². The predicted octanol–water partition coefficient (Wildman–Crippen LogP) is 6.10. The van der Waals surface area contributed by atoms with Gasteiger partial charge >= 0.3 is 0 Å². The summed E-state index contributed by atoms with van der Waals surface area (Å²) in [7, 11) is 1.62. The number of ether oxygens (including phenoxy) is 2. The SMILES string of the molecule is COc1ccc(Oc2ccc(C(=O)Nc3ncc(Cc4cccc(C)c4)s3)cc2)cc1. The van der Waals surface area contributed by atoms with Crippen LogP contribution in [0.3, 0.4) is 0 Å². The van der Waals surface area contributed by atoms with Crippen LogP contribution in [0.5, 0.6) is 17.2 Å². The molecule has 156 valence electrons. The third-order valence-electron chi connectivity index (χ3n) is 4.65. The summed E-state index contributed by atoms with van der Waals surface area (Å²) in [5.74, 6) is 1.91. The Kier molecular flexibility index (Phi) is 6.29. The van der Waals surface area contributed by atoms with Gasteiger partial charge in [-0.05, 0) is 61.0 Å². The molecule has 0 saturated heterocycles. The van der Waals surface area contributed by atoms with Crippen LogP contribution in [0.25, 0.3) is 0 Å². The summed E-state index contributed by atoms with van der Waals surface area (Å²) in [5.41, 5.74) is 3.00. The van der Waals surface area contributed by atoms with E-state index < -0.39 is 0 Å². The molecule has 1 aromatic heterocycles. The Bertz CT molecular complexity index is 1170. The minimum absolute atomic E-state index is 0.201. The number of hydrogen-bond acceptors (Lipinski definition) is 5. The third-order valence-corrected chi connectivity index (χ3v) is 5.56. The first kappa shape index (κ1) is 20.6. The molecule has 1 heterocycles. The fourth-order valence-electron chi connectivity index (χ4n) is 3.09. The van der Waals surface area contributed by atoms with Gasteiger partial charge < -0.3 is 9.47 Å². The van der Waals surface area contributed by atoms with E-state index in [4.69, 9.17) is 9.47 Å². The van der Waals surface area contributed by atoms with Gasteiger partial charge in [-0.3, -0.25) is 10.1 Å². The number of nitrogens with zero attached hydrogens (tertiary/aromatic N) is 1. The second kappa shape index (κ2) is 9.45. The molecule has 0 radical (unpaired) electrons. The van der Waals surface area contributed by atoms with Crippen molar-refractivity contribution in [1.82, 2.24) is 4.98 Å². The molecule has 0 aliphatic rings. The highest BCUT2D eigenvalue weighted by molar-refractivity contribution is 7.15. The number of thiazole rings is 1. The summed E-state index contributed by atoms with van der Waals surface area (Å²) in [5, 5.41) is 3.46. The van der Waals surface area contributed by atoms with Crippen LogP contribution in [0.4, 0.5) is 5.13 Å². The summed E-state index contributed by atoms with van der Waals surface area (Å²) < 4.78 is 10.9. The largest absolute Gasteiger partial charge is 0.497 e. The lowest BCUT2D eigenvalue weighted by Crippen LogP contribution is -2.11. The summed E-state index contributed by atoms with van der Waals surface area (Å²) >= 11 is 1.49. The maximum atomic E-state index is 12.6. The average molecular weight is 431 g/mol. The van der Waals surface area contributed by atoms with Gasteiger partial charge in [0, 0.05) is 23.1 Å². The molecule has 0 saturated carbocycles. The number of anilines is 1. The van der Waals surface area contributed by atoms with Crippen LogP contribution in [0.15, 0.2) is 79.0 Å². The highest BCUT2D eigenvalue weighted by Gasteiger charge is 2.10. The minimum atomic E-state index is -0.201. The number of nitrogens with one attached hydrogen (secondary N) is 1. The second-order valence-electron chi connectivity index (χ2n) is 7.05. The number of methoxy groups -OCH3 is 1. The Morgan fingerprint density at radius 1 is 0.968 bits per heavy atom. The van der Waals surface area contributed by atoms with Gasteiger partial charge in [0.25, 0.3) is 5.91 Å². The predicted molar refractivity (Wildman–Crippen MR) is 124 cm³/mol. The van der Waals surface area contributed by atoms with E-state index in [1.807, 2.05) is 30.5 Å². The Balaban J connectivity index is 1.35. The normalized spacial score (nSPS) is 10.5. The Morgan fingerprint density at radius 3 is 2.32 bits per heavy atom. The van der Waals surface area contributed by atoms with Crippen LogP contribution in [-0.4, -0.2) is 18.0 Å². The van der Waals surface area contributed by atoms with E-state index in [9.17, 15) is 4.79 Å². The lowest BCUT2D eigenvalue weighted by atomic mass is 10.1. The van der Waals surface area contributed by atoms with Crippen molar-refractivity contribution < 1.29 is 14.3 Å². The Hall–Kier alpha value is -3.64. The molecule has 1 amide bonds. The molecule has 4 aromatic rings. The molecular weight excluding hydrogens is 408 g/mol. The molecule has 5 nitrogen and oxygen atoms in total. The zero-order chi connectivity index (χ0) is 21.6. The van der Waals surface area contributed by atoms with Crippen molar-refractivity contribution in [3.8, 4) is 17.2 Å². The zero-order valence-corrected chi connectivity index (χ0v) is 18.1. The highest BCUT2D eigenvalue weighted by Crippen LogP contribution is 2.25. The molecule has 3 aromatic carbocycles. The van der Waals surface area contributed by atoms with Crippen molar-refractivity contribution in [2.24, 2.45) is 0 Å². The van der Waals surface area contributed by atoms with E-state index in [1.54, 1.807) is 31.4 Å². The summed E-state index contributed by atoms with van der Waals surface area (Å²) in [6.45, 7) is 2.08. The minimum Gasteiger partial charge on any atom is -0.497 e. The van der Waals surface area contributed by atoms with Crippen LogP contribution >= 0.6 is 11.3 Å². The van der Waals surface area contributed by atoms with Crippen molar-refractivity contribution in [2.75, 3.05) is 12.4 Å². The molecule has 31 heavy (non-hydrogen) atoms. The molecule has 0 atom stereocenters. The Labute approximate surface area is 185 Å². The maximum absolute atomic E-state index is 12.6. The van der Waals surface area contributed by atoms with Crippen molar-refractivity contribution in [1.29, 1.82) is 0 Å². The van der Waals surface area contributed by atoms with Gasteiger partial charge in [-0.15, -0.1) is 11.3 Å². The van der Waals surface area contributed by atoms with Gasteiger partial charge in [0.05, 0.1) is 7.11 Å². The first-order chi connectivity index (χ1) is 15.1. The quantitative estimate of drug-likeness (QED) is 0.385. The molecule has 0 aliphatic heterocycles. The fourth-order valence-corrected chi connectivity index (χ4v) is 3.94. The molecule has 0 fully saturated rings. The molecule has 1 N–H and O–H groups in total. The van der Waals surface area contributed by atoms with Crippen molar-refractivity contribution in [3.63, 3.8) is 0 Å². The van der Waals surface area contributed by atoms with Crippen LogP contribution in [0, 0.1) is 6.92 Å². The molecule has 6 heteroatoms. The van der Waals surface area contributed by atoms with Gasteiger partial charge in [-0.2, -0.15) is 0 Å². The van der Waals surface area contributed by atoms with E-state index in [-0.39, 0.29) is 5.91 Å². The zero-order valence-electron chi connectivity index (χ0n) is 17.3. The number of rotatable bonds is 7. The lowest BCUT2D eigenvalue weighted by molar-refractivity contribution is 0.102. The van der Waals surface area contributed by atoms with Crippen LogP contribution in [0.2, 0.25) is 0 Å². The molecule has 0 unspecified atom stereocenters. The van der Waals surface area contributed by atoms with Gasteiger partial charge in [-0.1, -0.05) is 29.8 Å². The third kappa shape index (κ3) is 5.49. The molecule has 4 rings (SSSR count). The van der Waals surface area contributed by atoms with Crippen LogP contribution < -0.4 is 14.8 Å². The van der Waals surface area contributed by atoms with Gasteiger partial charge in [0.1, 0.15) is 17.2 Å². The first-order valence-electron chi connectivity index (χ1n) is 9.82. The molecular formula is C25H22N2O3S. The topological polar surface area (TPSA) is 60.5 Å². The second-order valence-corrected chi connectivity index (χ2v) is 8.17. The van der Waals surface area contributed by atoms with Crippen molar-refractivity contribution in [2.45, 2.75) is 13.3 Å². The van der Waals surface area contributed by atoms with Crippen molar-refractivity contribution in [3.05, 3.63) is 101 Å². The van der Waals surface area contributed by atoms with E-state index in [2.05, 4.69) is 41.5 Å². The molecule has 0 aliphatic carbocycles. The maximum Gasteiger partial charge on any atom is 0.257 e. The first-order valence-corrected chi connectivity index (χ1v) is 10.6. The lowest BCUT2D eigenvalue weighted by Gasteiger charge is -2.07. The summed E-state index contributed by atoms with van der Waals surface area (Å²) in [6.07, 6.45) is 2.61. The Morgan fingerprint density at radius 2 is 1.65 bits per heavy atom. The van der Waals surface area contributed by atoms with E-state index >= 15 is 0 Å². The fraction of sp³-hybridized carbons (Fsp3) is 0.120. The smallest absolute Gasteiger partial charge is 0.257 e. The molecule has 0 spiro atoms. The number of aryl methyl sites for hydroxylation is 1. The average Bonchev–Trinajstić information content (AvgIpc) is 3.21. The van der Waals surface area contributed by atoms with Gasteiger partial charge in [0.15, 0.2) is 5.13 Å². The van der Waals surface area contributed by atoms with Gasteiger partial charge in [-0.25, -0.2) is 4.98 Å². The number of aromatic nitrogens is 1. The van der Waals surface area contributed by atoms with E-state index in [0.29, 0.717) is 22.2 Å². The van der Waals surface area contributed by atoms with Crippen LogP contribution in [-0.2, 0) is 6.42 Å². The molecule has 0 bridgehead atoms. The number of carbonyl (C=O) groups is 1. The standard InChI is InChI=1S/C25H22N2O3S/c1-17-4-3-5-18(14-17)15-23-16-26-25(31-23)27-24(28)19-6-8-21(9-7-19)30-22-12-10-20(29-2)11-13-22/h3-14,16H,15H2,1-2H3,(H,26,27,28). The number of carbonyl (C=O) groups excluding carboxylic acids is 1. The monoisotopic (exact) mass is 430 g/mol. The highest BCUT2D eigenvalue weighted by atomic mass is 32.1. The van der Waals surface area contributed by atoms with E-state index in [1.165, 1.54) is 22.5 Å². The van der Waals surface area contributed by atoms with Crippen LogP contribution in [0.1, 0.15) is 26.4 Å². The van der Waals surface area contributed by atoms with Gasteiger partial charge in [0.2, 0.25) is 0 Å². The van der Waals surface area contributed by atoms with E-state index in [0.717, 1.165) is 17.0 Å². The summed E-state index contributed by atoms with van der Waals surface area (Å²) in [6, 6.07) is 22.7. The summed E-state index contributed by atoms with van der Waals surface area (Å²) in [4.78, 5) is 18.0. The number of hydrogen-bond donors (Lipinski definition) is 1. The number of benzene rings is 3. The number of amides is 1.